The molecule has 1 aliphatic carbocycles. The minimum absolute atomic E-state index is 0.140. The first kappa shape index (κ1) is 18.2. The normalized spacial score (nSPS) is 22.1. The maximum atomic E-state index is 13.5. The summed E-state index contributed by atoms with van der Waals surface area (Å²) in [6.45, 7) is 3.66. The van der Waals surface area contributed by atoms with Crippen LogP contribution in [0.2, 0.25) is 0 Å². The van der Waals surface area contributed by atoms with Crippen LogP contribution in [0.1, 0.15) is 45.1 Å². The maximum absolute atomic E-state index is 13.5. The largest absolute Gasteiger partial charge is 0.449 e. The minimum atomic E-state index is -0.878. The predicted octanol–water partition coefficient (Wildman–Crippen LogP) is 3.47. The number of carbonyl (C=O) groups excluding carboxylic acids is 2. The van der Waals surface area contributed by atoms with Gasteiger partial charge in [0.05, 0.1) is 0 Å². The molecule has 0 aliphatic heterocycles. The highest BCUT2D eigenvalue weighted by Gasteiger charge is 2.25. The monoisotopic (exact) mass is 333 g/mol. The molecule has 0 bridgehead atoms. The molecule has 130 valence electrons. The molecule has 0 spiro atoms. The van der Waals surface area contributed by atoms with E-state index in [4.69, 9.17) is 4.74 Å². The Morgan fingerprint density at radius 3 is 2.71 bits per heavy atom. The van der Waals surface area contributed by atoms with Crippen molar-refractivity contribution in [3.05, 3.63) is 41.7 Å². The fourth-order valence-electron chi connectivity index (χ4n) is 2.87. The first-order chi connectivity index (χ1) is 11.5. The van der Waals surface area contributed by atoms with Crippen LogP contribution >= 0.6 is 0 Å². The second-order valence-electron chi connectivity index (χ2n) is 6.31. The molecule has 1 amide bonds. The minimum Gasteiger partial charge on any atom is -0.449 e. The summed E-state index contributed by atoms with van der Waals surface area (Å²) in [4.78, 5) is 23.9. The Balaban J connectivity index is 1.84. The molecule has 0 unspecified atom stereocenters. The van der Waals surface area contributed by atoms with Crippen LogP contribution in [-0.2, 0) is 14.3 Å². The summed E-state index contributed by atoms with van der Waals surface area (Å²) in [5.74, 6) is -0.941. The van der Waals surface area contributed by atoms with E-state index in [1.165, 1.54) is 25.5 Å². The second kappa shape index (κ2) is 8.62. The molecule has 0 heterocycles. The predicted molar refractivity (Wildman–Crippen MR) is 90.6 cm³/mol. The topological polar surface area (TPSA) is 55.4 Å². The van der Waals surface area contributed by atoms with Crippen LogP contribution in [0.25, 0.3) is 6.08 Å². The molecule has 0 saturated heterocycles. The summed E-state index contributed by atoms with van der Waals surface area (Å²) in [7, 11) is 0. The average Bonchev–Trinajstić information content (AvgIpc) is 2.56. The van der Waals surface area contributed by atoms with Crippen LogP contribution in [0, 0.1) is 11.7 Å². The molecule has 1 aromatic carbocycles. The van der Waals surface area contributed by atoms with Crippen LogP contribution in [0.4, 0.5) is 4.39 Å². The van der Waals surface area contributed by atoms with Crippen molar-refractivity contribution in [2.45, 2.75) is 51.7 Å². The summed E-state index contributed by atoms with van der Waals surface area (Å²) in [5, 5.41) is 2.96. The molecule has 1 aromatic rings. The summed E-state index contributed by atoms with van der Waals surface area (Å²) in [6, 6.07) is 6.26. The Bertz CT molecular complexity index is 614. The van der Waals surface area contributed by atoms with Gasteiger partial charge in [-0.25, -0.2) is 9.18 Å². The molecule has 1 N–H and O–H groups in total. The molecule has 1 saturated carbocycles. The molecule has 0 aromatic heterocycles. The quantitative estimate of drug-likeness (QED) is 0.663. The van der Waals surface area contributed by atoms with Gasteiger partial charge < -0.3 is 10.1 Å². The van der Waals surface area contributed by atoms with Crippen LogP contribution in [0.5, 0.6) is 0 Å². The Morgan fingerprint density at radius 1 is 1.29 bits per heavy atom. The van der Waals surface area contributed by atoms with Crippen LogP contribution in [-0.4, -0.2) is 24.0 Å². The zero-order chi connectivity index (χ0) is 17.5. The van der Waals surface area contributed by atoms with Gasteiger partial charge in [-0.1, -0.05) is 38.0 Å². The Morgan fingerprint density at radius 2 is 2.00 bits per heavy atom. The lowest BCUT2D eigenvalue weighted by atomic mass is 9.86. The van der Waals surface area contributed by atoms with Gasteiger partial charge in [0.1, 0.15) is 5.82 Å². The van der Waals surface area contributed by atoms with E-state index in [0.717, 1.165) is 25.3 Å². The summed E-state index contributed by atoms with van der Waals surface area (Å²) in [6.07, 6.45) is 5.95. The van der Waals surface area contributed by atoms with Gasteiger partial charge in [0.25, 0.3) is 5.91 Å². The van der Waals surface area contributed by atoms with Crippen LogP contribution < -0.4 is 5.32 Å². The first-order valence-electron chi connectivity index (χ1n) is 8.41. The van der Waals surface area contributed by atoms with E-state index in [2.05, 4.69) is 12.2 Å². The standard InChI is InChI=1S/C19H24FNO3/c1-13-7-3-6-10-17(13)21-19(23)14(2)24-18(22)12-11-15-8-4-5-9-16(15)20/h4-5,8-9,11-14,17H,3,6-7,10H2,1-2H3,(H,21,23)/b12-11+/t13-,14-,17-/m1/s1. The Labute approximate surface area is 142 Å². The van der Waals surface area contributed by atoms with Crippen molar-refractivity contribution in [1.82, 2.24) is 5.32 Å². The molecule has 2 rings (SSSR count). The number of benzene rings is 1. The lowest BCUT2D eigenvalue weighted by Gasteiger charge is -2.30. The fourth-order valence-corrected chi connectivity index (χ4v) is 2.87. The van der Waals surface area contributed by atoms with Crippen LogP contribution in [0.15, 0.2) is 30.3 Å². The van der Waals surface area contributed by atoms with E-state index in [-0.39, 0.29) is 11.9 Å². The molecular formula is C19H24FNO3. The van der Waals surface area contributed by atoms with Crippen molar-refractivity contribution in [1.29, 1.82) is 0 Å². The molecule has 5 heteroatoms. The van der Waals surface area contributed by atoms with Crippen molar-refractivity contribution in [3.63, 3.8) is 0 Å². The van der Waals surface area contributed by atoms with E-state index in [1.54, 1.807) is 18.2 Å². The number of hydrogen-bond donors (Lipinski definition) is 1. The number of amides is 1. The van der Waals surface area contributed by atoms with E-state index < -0.39 is 17.9 Å². The van der Waals surface area contributed by atoms with E-state index in [0.29, 0.717) is 11.5 Å². The summed E-state index contributed by atoms with van der Waals surface area (Å²) >= 11 is 0. The number of esters is 1. The second-order valence-corrected chi connectivity index (χ2v) is 6.31. The van der Waals surface area contributed by atoms with Crippen molar-refractivity contribution in [3.8, 4) is 0 Å². The van der Waals surface area contributed by atoms with Gasteiger partial charge in [0.15, 0.2) is 6.10 Å². The van der Waals surface area contributed by atoms with E-state index in [1.807, 2.05) is 0 Å². The summed E-state index contributed by atoms with van der Waals surface area (Å²) < 4.78 is 18.6. The van der Waals surface area contributed by atoms with Crippen molar-refractivity contribution in [2.75, 3.05) is 0 Å². The highest BCUT2D eigenvalue weighted by molar-refractivity contribution is 5.90. The average molecular weight is 333 g/mol. The molecule has 0 radical (unpaired) electrons. The lowest BCUT2D eigenvalue weighted by molar-refractivity contribution is -0.150. The van der Waals surface area contributed by atoms with Gasteiger partial charge in [-0.15, -0.1) is 0 Å². The highest BCUT2D eigenvalue weighted by Crippen LogP contribution is 2.23. The lowest BCUT2D eigenvalue weighted by Crippen LogP contribution is -2.45. The van der Waals surface area contributed by atoms with Gasteiger partial charge in [-0.05, 0) is 37.8 Å². The van der Waals surface area contributed by atoms with Crippen molar-refractivity contribution >= 4 is 18.0 Å². The SMILES string of the molecule is C[C@@H]1CCCC[C@H]1NC(=O)[C@@H](C)OC(=O)/C=C/c1ccccc1F. The van der Waals surface area contributed by atoms with Crippen molar-refractivity contribution < 1.29 is 18.7 Å². The summed E-state index contributed by atoms with van der Waals surface area (Å²) in [5.41, 5.74) is 0.294. The molecule has 3 atom stereocenters. The molecular weight excluding hydrogens is 309 g/mol. The molecule has 24 heavy (non-hydrogen) atoms. The number of halogens is 1. The number of carbonyl (C=O) groups is 2. The van der Waals surface area contributed by atoms with Crippen molar-refractivity contribution in [2.24, 2.45) is 5.92 Å². The maximum Gasteiger partial charge on any atom is 0.331 e. The molecule has 1 fully saturated rings. The van der Waals surface area contributed by atoms with Gasteiger partial charge in [0.2, 0.25) is 0 Å². The Kier molecular flexibility index (Phi) is 6.53. The molecule has 1 aliphatic rings. The third kappa shape index (κ3) is 5.18. The number of ether oxygens (including phenoxy) is 1. The first-order valence-corrected chi connectivity index (χ1v) is 8.41. The third-order valence-electron chi connectivity index (χ3n) is 4.41. The van der Waals surface area contributed by atoms with Gasteiger partial charge in [-0.3, -0.25) is 4.79 Å². The third-order valence-corrected chi connectivity index (χ3v) is 4.41. The zero-order valence-corrected chi connectivity index (χ0v) is 14.1. The highest BCUT2D eigenvalue weighted by atomic mass is 19.1. The van der Waals surface area contributed by atoms with Gasteiger partial charge in [0, 0.05) is 17.7 Å². The number of nitrogens with one attached hydrogen (secondary N) is 1. The number of hydrogen-bond acceptors (Lipinski definition) is 3. The van der Waals surface area contributed by atoms with Crippen LogP contribution in [0.3, 0.4) is 0 Å². The Hall–Kier alpha value is -2.17. The smallest absolute Gasteiger partial charge is 0.331 e. The van der Waals surface area contributed by atoms with Gasteiger partial charge in [-0.2, -0.15) is 0 Å². The van der Waals surface area contributed by atoms with Gasteiger partial charge >= 0.3 is 5.97 Å². The zero-order valence-electron chi connectivity index (χ0n) is 14.1. The number of rotatable bonds is 5. The van der Waals surface area contributed by atoms with E-state index in [9.17, 15) is 14.0 Å². The van der Waals surface area contributed by atoms with E-state index >= 15 is 0 Å². The fraction of sp³-hybridized carbons (Fsp3) is 0.474. The molecule has 4 nitrogen and oxygen atoms in total.